The molecule has 6 nitrogen and oxygen atoms in total. The Morgan fingerprint density at radius 1 is 1.03 bits per heavy atom. The van der Waals surface area contributed by atoms with Gasteiger partial charge >= 0.3 is 0 Å². The van der Waals surface area contributed by atoms with Crippen molar-refractivity contribution in [3.05, 3.63) is 87.3 Å². The third-order valence-electron chi connectivity index (χ3n) is 5.60. The van der Waals surface area contributed by atoms with Crippen molar-refractivity contribution >= 4 is 23.6 Å². The largest absolute Gasteiger partial charge is 0.379 e. The molecule has 1 N–H and O–H groups in total. The molecular weight excluding hydrogens is 376 g/mol. The van der Waals surface area contributed by atoms with Crippen LogP contribution in [-0.4, -0.2) is 45.6 Å². The maximum Gasteiger partial charge on any atom is 0.279 e. The van der Waals surface area contributed by atoms with Crippen molar-refractivity contribution in [2.24, 2.45) is 0 Å². The molecule has 0 saturated carbocycles. The van der Waals surface area contributed by atoms with Crippen LogP contribution in [0.15, 0.2) is 65.6 Å². The van der Waals surface area contributed by atoms with Crippen LogP contribution in [0.1, 0.15) is 5.56 Å². The fourth-order valence-electron chi connectivity index (χ4n) is 4.02. The van der Waals surface area contributed by atoms with E-state index >= 15 is 0 Å². The number of aromatic nitrogens is 3. The molecule has 0 radical (unpaired) electrons. The van der Waals surface area contributed by atoms with Crippen LogP contribution in [0.3, 0.4) is 0 Å². The van der Waals surface area contributed by atoms with Crippen molar-refractivity contribution in [1.82, 2.24) is 19.2 Å². The van der Waals surface area contributed by atoms with Gasteiger partial charge in [0, 0.05) is 35.8 Å². The summed E-state index contributed by atoms with van der Waals surface area (Å²) in [6, 6.07) is 17.8. The van der Waals surface area contributed by atoms with E-state index in [-0.39, 0.29) is 5.56 Å². The SMILES string of the molecule is C=c1[nH]n(-c2ccccc2)c(=O)/c1=C\c1cn(CN2CCOCC2)c2ccccc12. The Bertz CT molecular complexity index is 1340. The Morgan fingerprint density at radius 3 is 2.57 bits per heavy atom. The summed E-state index contributed by atoms with van der Waals surface area (Å²) in [6.45, 7) is 8.26. The van der Waals surface area contributed by atoms with E-state index in [0.717, 1.165) is 55.1 Å². The zero-order chi connectivity index (χ0) is 20.5. The standard InChI is InChI=1S/C24H24N4O2/c1-18-22(24(29)28(25-18)20-7-3-2-4-8-20)15-19-16-27(17-26-11-13-30-14-12-26)23-10-6-5-9-21(19)23/h2-10,15-16,25H,1,11-14,17H2/b22-15-. The van der Waals surface area contributed by atoms with Gasteiger partial charge in [-0.05, 0) is 24.3 Å². The zero-order valence-corrected chi connectivity index (χ0v) is 16.8. The Balaban J connectivity index is 1.61. The highest BCUT2D eigenvalue weighted by molar-refractivity contribution is 5.89. The molecule has 5 rings (SSSR count). The van der Waals surface area contributed by atoms with Crippen molar-refractivity contribution in [3.63, 3.8) is 0 Å². The maximum absolute atomic E-state index is 13.1. The molecule has 0 aliphatic carbocycles. The van der Waals surface area contributed by atoms with E-state index in [1.54, 1.807) is 4.68 Å². The number of fused-ring (bicyclic) bond motifs is 1. The van der Waals surface area contributed by atoms with Gasteiger partial charge in [0.15, 0.2) is 0 Å². The summed E-state index contributed by atoms with van der Waals surface area (Å²) in [5.41, 5.74) is 2.86. The van der Waals surface area contributed by atoms with Crippen molar-refractivity contribution in [2.75, 3.05) is 26.3 Å². The summed E-state index contributed by atoms with van der Waals surface area (Å²) in [7, 11) is 0. The van der Waals surface area contributed by atoms with Gasteiger partial charge in [-0.1, -0.05) is 43.0 Å². The lowest BCUT2D eigenvalue weighted by Crippen LogP contribution is -2.37. The Kier molecular flexibility index (Phi) is 4.86. The van der Waals surface area contributed by atoms with Gasteiger partial charge < -0.3 is 9.30 Å². The van der Waals surface area contributed by atoms with Crippen LogP contribution in [0.4, 0.5) is 0 Å². The normalized spacial score (nSPS) is 15.8. The molecule has 1 aliphatic rings. The monoisotopic (exact) mass is 400 g/mol. The number of nitrogens with one attached hydrogen (secondary N) is 1. The van der Waals surface area contributed by atoms with Gasteiger partial charge in [-0.25, -0.2) is 4.68 Å². The molecule has 1 fully saturated rings. The molecule has 3 heterocycles. The molecule has 0 atom stereocenters. The summed E-state index contributed by atoms with van der Waals surface area (Å²) >= 11 is 0. The summed E-state index contributed by atoms with van der Waals surface area (Å²) in [5.74, 6) is 0. The molecule has 0 amide bonds. The van der Waals surface area contributed by atoms with Gasteiger partial charge in [-0.2, -0.15) is 0 Å². The van der Waals surface area contributed by atoms with E-state index in [0.29, 0.717) is 10.6 Å². The Hall–Kier alpha value is -3.35. The summed E-state index contributed by atoms with van der Waals surface area (Å²) in [6.07, 6.45) is 4.07. The first-order chi connectivity index (χ1) is 14.7. The smallest absolute Gasteiger partial charge is 0.279 e. The molecule has 2 aromatic heterocycles. The molecule has 30 heavy (non-hydrogen) atoms. The first-order valence-electron chi connectivity index (χ1n) is 10.2. The summed E-state index contributed by atoms with van der Waals surface area (Å²) < 4.78 is 9.26. The van der Waals surface area contributed by atoms with Crippen molar-refractivity contribution in [2.45, 2.75) is 6.67 Å². The van der Waals surface area contributed by atoms with E-state index in [1.807, 2.05) is 48.5 Å². The number of nitrogens with zero attached hydrogens (tertiary/aromatic N) is 3. The fraction of sp³-hybridized carbons (Fsp3) is 0.208. The Morgan fingerprint density at radius 2 is 1.77 bits per heavy atom. The molecule has 6 heteroatoms. The highest BCUT2D eigenvalue weighted by atomic mass is 16.5. The minimum Gasteiger partial charge on any atom is -0.379 e. The highest BCUT2D eigenvalue weighted by Crippen LogP contribution is 2.22. The lowest BCUT2D eigenvalue weighted by atomic mass is 10.1. The molecule has 0 spiro atoms. The second kappa shape index (κ2) is 7.82. The molecule has 1 saturated heterocycles. The number of aromatic amines is 1. The number of ether oxygens (including phenoxy) is 1. The van der Waals surface area contributed by atoms with Gasteiger partial charge in [0.25, 0.3) is 5.56 Å². The lowest BCUT2D eigenvalue weighted by molar-refractivity contribution is 0.0242. The van der Waals surface area contributed by atoms with Crippen LogP contribution in [0.2, 0.25) is 0 Å². The number of morpholine rings is 1. The molecular formula is C24H24N4O2. The van der Waals surface area contributed by atoms with Gasteiger partial charge in [-0.15, -0.1) is 0 Å². The molecule has 1 aliphatic heterocycles. The quantitative estimate of drug-likeness (QED) is 0.567. The fourth-order valence-corrected chi connectivity index (χ4v) is 4.02. The second-order valence-electron chi connectivity index (χ2n) is 7.57. The number of rotatable bonds is 4. The van der Waals surface area contributed by atoms with E-state index in [1.165, 1.54) is 0 Å². The van der Waals surface area contributed by atoms with E-state index in [4.69, 9.17) is 4.74 Å². The minimum absolute atomic E-state index is 0.101. The first kappa shape index (κ1) is 18.7. The molecule has 2 aromatic carbocycles. The van der Waals surface area contributed by atoms with E-state index < -0.39 is 0 Å². The second-order valence-corrected chi connectivity index (χ2v) is 7.57. The summed E-state index contributed by atoms with van der Waals surface area (Å²) in [4.78, 5) is 15.5. The van der Waals surface area contributed by atoms with Crippen LogP contribution in [0.5, 0.6) is 0 Å². The number of hydrogen-bond donors (Lipinski definition) is 1. The predicted octanol–water partition coefficient (Wildman–Crippen LogP) is 1.65. The van der Waals surface area contributed by atoms with E-state index in [9.17, 15) is 4.79 Å². The average molecular weight is 400 g/mol. The third-order valence-corrected chi connectivity index (χ3v) is 5.60. The third kappa shape index (κ3) is 3.40. The first-order valence-corrected chi connectivity index (χ1v) is 10.2. The molecule has 0 bridgehead atoms. The maximum atomic E-state index is 13.1. The number of para-hydroxylation sites is 2. The van der Waals surface area contributed by atoms with Crippen molar-refractivity contribution < 1.29 is 4.74 Å². The van der Waals surface area contributed by atoms with Crippen LogP contribution >= 0.6 is 0 Å². The molecule has 152 valence electrons. The minimum atomic E-state index is -0.101. The van der Waals surface area contributed by atoms with E-state index in [2.05, 4.69) is 39.5 Å². The predicted molar refractivity (Wildman–Crippen MR) is 119 cm³/mol. The Labute approximate surface area is 173 Å². The highest BCUT2D eigenvalue weighted by Gasteiger charge is 2.14. The van der Waals surface area contributed by atoms with Crippen molar-refractivity contribution in [3.8, 4) is 5.69 Å². The molecule has 4 aromatic rings. The number of H-pyrrole nitrogens is 1. The average Bonchev–Trinajstić information content (AvgIpc) is 3.27. The topological polar surface area (TPSA) is 55.2 Å². The number of benzene rings is 2. The van der Waals surface area contributed by atoms with Crippen LogP contribution < -0.4 is 16.1 Å². The lowest BCUT2D eigenvalue weighted by Gasteiger charge is -2.27. The van der Waals surface area contributed by atoms with Crippen molar-refractivity contribution in [1.29, 1.82) is 0 Å². The summed E-state index contributed by atoms with van der Waals surface area (Å²) in [5, 5.41) is 5.41. The van der Waals surface area contributed by atoms with Crippen LogP contribution in [0, 0.1) is 0 Å². The number of hydrogen-bond acceptors (Lipinski definition) is 3. The van der Waals surface area contributed by atoms with Crippen LogP contribution in [0.25, 0.3) is 29.2 Å². The van der Waals surface area contributed by atoms with Gasteiger partial charge in [0.2, 0.25) is 0 Å². The molecule has 0 unspecified atom stereocenters. The van der Waals surface area contributed by atoms with Gasteiger partial charge in [-0.3, -0.25) is 14.8 Å². The van der Waals surface area contributed by atoms with Crippen LogP contribution in [-0.2, 0) is 11.4 Å². The zero-order valence-electron chi connectivity index (χ0n) is 16.8. The van der Waals surface area contributed by atoms with Gasteiger partial charge in [0.05, 0.1) is 36.1 Å². The van der Waals surface area contributed by atoms with Gasteiger partial charge in [0.1, 0.15) is 0 Å².